The Morgan fingerprint density at radius 2 is 1.82 bits per heavy atom. The molecule has 0 fully saturated rings. The van der Waals surface area contributed by atoms with Gasteiger partial charge in [-0.1, -0.05) is 60.2 Å². The highest BCUT2D eigenvalue weighted by atomic mass is 32.1. The molecule has 2 aromatic carbocycles. The first kappa shape index (κ1) is 19.5. The predicted octanol–water partition coefficient (Wildman–Crippen LogP) is 3.96. The molecule has 2 amide bonds. The van der Waals surface area contributed by atoms with Crippen molar-refractivity contribution in [2.24, 2.45) is 0 Å². The smallest absolute Gasteiger partial charge is 0.250 e. The van der Waals surface area contributed by atoms with Gasteiger partial charge in [-0.15, -0.1) is 11.3 Å². The van der Waals surface area contributed by atoms with Crippen LogP contribution in [0.3, 0.4) is 0 Å². The fourth-order valence-corrected chi connectivity index (χ4v) is 3.18. The van der Waals surface area contributed by atoms with Crippen molar-refractivity contribution in [3.8, 4) is 0 Å². The first-order valence-corrected chi connectivity index (χ1v) is 9.77. The zero-order chi connectivity index (χ0) is 19.8. The number of nitrogens with zero attached hydrogens (tertiary/aromatic N) is 1. The van der Waals surface area contributed by atoms with E-state index < -0.39 is 0 Å². The molecule has 0 unspecified atom stereocenters. The summed E-state index contributed by atoms with van der Waals surface area (Å²) < 4.78 is 0. The number of amides is 2. The Morgan fingerprint density at radius 3 is 2.57 bits per heavy atom. The Labute approximate surface area is 168 Å². The molecule has 3 rings (SSSR count). The van der Waals surface area contributed by atoms with Crippen LogP contribution in [-0.2, 0) is 22.6 Å². The van der Waals surface area contributed by atoms with Gasteiger partial charge in [-0.2, -0.15) is 0 Å². The second kappa shape index (κ2) is 9.62. The molecule has 0 aliphatic carbocycles. The maximum absolute atomic E-state index is 12.1. The van der Waals surface area contributed by atoms with E-state index in [9.17, 15) is 9.59 Å². The molecule has 0 aliphatic rings. The van der Waals surface area contributed by atoms with Gasteiger partial charge in [0.2, 0.25) is 11.8 Å². The molecule has 0 spiro atoms. The second-order valence-corrected chi connectivity index (χ2v) is 7.17. The molecule has 2 N–H and O–H groups in total. The fourth-order valence-electron chi connectivity index (χ4n) is 2.46. The van der Waals surface area contributed by atoms with Crippen molar-refractivity contribution >= 4 is 34.4 Å². The molecule has 0 radical (unpaired) electrons. The number of aromatic nitrogens is 1. The van der Waals surface area contributed by atoms with Gasteiger partial charge in [0, 0.05) is 18.0 Å². The molecule has 6 heteroatoms. The lowest BCUT2D eigenvalue weighted by atomic mass is 10.1. The first-order chi connectivity index (χ1) is 13.6. The number of hydrogen-bond donors (Lipinski definition) is 2. The van der Waals surface area contributed by atoms with Crippen molar-refractivity contribution in [3.05, 3.63) is 88.4 Å². The van der Waals surface area contributed by atoms with Crippen LogP contribution in [0.1, 0.15) is 22.4 Å². The van der Waals surface area contributed by atoms with Crippen LogP contribution in [0.2, 0.25) is 0 Å². The first-order valence-electron chi connectivity index (χ1n) is 8.89. The molecule has 0 saturated heterocycles. The largest absolute Gasteiger partial charge is 0.352 e. The summed E-state index contributed by atoms with van der Waals surface area (Å²) in [5.74, 6) is -0.360. The molecule has 0 bridgehead atoms. The molecule has 28 heavy (non-hydrogen) atoms. The maximum atomic E-state index is 12.1. The summed E-state index contributed by atoms with van der Waals surface area (Å²) in [5, 5.41) is 7.86. The lowest BCUT2D eigenvalue weighted by molar-refractivity contribution is -0.120. The van der Waals surface area contributed by atoms with Gasteiger partial charge in [-0.3, -0.25) is 14.9 Å². The van der Waals surface area contributed by atoms with Crippen LogP contribution in [0.25, 0.3) is 6.08 Å². The minimum atomic E-state index is -0.256. The number of thiazole rings is 1. The highest BCUT2D eigenvalue weighted by Gasteiger charge is 2.09. The minimum absolute atomic E-state index is 0.104. The van der Waals surface area contributed by atoms with Gasteiger partial charge < -0.3 is 5.32 Å². The molecule has 0 atom stereocenters. The van der Waals surface area contributed by atoms with Crippen LogP contribution in [0.15, 0.2) is 66.1 Å². The van der Waals surface area contributed by atoms with Crippen LogP contribution < -0.4 is 10.6 Å². The molecule has 0 aliphatic heterocycles. The number of aryl methyl sites for hydroxylation is 1. The zero-order valence-electron chi connectivity index (χ0n) is 15.5. The monoisotopic (exact) mass is 391 g/mol. The van der Waals surface area contributed by atoms with E-state index in [2.05, 4.69) is 15.6 Å². The summed E-state index contributed by atoms with van der Waals surface area (Å²) in [6.07, 6.45) is 3.38. The van der Waals surface area contributed by atoms with Crippen LogP contribution in [0, 0.1) is 6.92 Å². The Kier molecular flexibility index (Phi) is 6.70. The Balaban J connectivity index is 1.46. The van der Waals surface area contributed by atoms with Crippen molar-refractivity contribution in [3.63, 3.8) is 0 Å². The third kappa shape index (κ3) is 6.17. The van der Waals surface area contributed by atoms with E-state index in [1.165, 1.54) is 23.0 Å². The lowest BCUT2D eigenvalue weighted by Gasteiger charge is -2.04. The van der Waals surface area contributed by atoms with E-state index >= 15 is 0 Å². The summed E-state index contributed by atoms with van der Waals surface area (Å²) in [5.41, 5.74) is 3.82. The third-order valence-corrected chi connectivity index (χ3v) is 4.77. The second-order valence-electron chi connectivity index (χ2n) is 6.32. The number of hydrogen-bond acceptors (Lipinski definition) is 4. The van der Waals surface area contributed by atoms with E-state index in [-0.39, 0.29) is 18.2 Å². The number of rotatable bonds is 7. The standard InChI is InChI=1S/C22H21N3O2S/c1-16-7-9-18(10-8-16)14-23-21(27)13-19-15-28-22(24-19)25-20(26)12-11-17-5-3-2-4-6-17/h2-12,15H,13-14H2,1H3,(H,23,27)(H,24,25,26)/b12-11+. The lowest BCUT2D eigenvalue weighted by Crippen LogP contribution is -2.24. The molecule has 5 nitrogen and oxygen atoms in total. The Hall–Kier alpha value is -3.25. The van der Waals surface area contributed by atoms with Gasteiger partial charge in [-0.05, 0) is 24.1 Å². The summed E-state index contributed by atoms with van der Waals surface area (Å²) in [6, 6.07) is 17.6. The van der Waals surface area contributed by atoms with Gasteiger partial charge in [0.15, 0.2) is 5.13 Å². The minimum Gasteiger partial charge on any atom is -0.352 e. The molecular formula is C22H21N3O2S. The Morgan fingerprint density at radius 1 is 1.07 bits per heavy atom. The number of benzene rings is 2. The van der Waals surface area contributed by atoms with Gasteiger partial charge in [0.05, 0.1) is 12.1 Å². The van der Waals surface area contributed by atoms with Crippen LogP contribution in [0.4, 0.5) is 5.13 Å². The highest BCUT2D eigenvalue weighted by Crippen LogP contribution is 2.16. The maximum Gasteiger partial charge on any atom is 0.250 e. The van der Waals surface area contributed by atoms with Gasteiger partial charge in [-0.25, -0.2) is 4.98 Å². The van der Waals surface area contributed by atoms with Crippen molar-refractivity contribution < 1.29 is 9.59 Å². The normalized spacial score (nSPS) is 10.8. The van der Waals surface area contributed by atoms with Gasteiger partial charge in [0.1, 0.15) is 0 Å². The van der Waals surface area contributed by atoms with E-state index in [1.54, 1.807) is 11.5 Å². The van der Waals surface area contributed by atoms with Crippen LogP contribution in [0.5, 0.6) is 0 Å². The zero-order valence-corrected chi connectivity index (χ0v) is 16.3. The molecule has 1 heterocycles. The van der Waals surface area contributed by atoms with Gasteiger partial charge in [0.25, 0.3) is 0 Å². The predicted molar refractivity (Wildman–Crippen MR) is 113 cm³/mol. The molecule has 1 aromatic heterocycles. The van der Waals surface area contributed by atoms with E-state index in [0.717, 1.165) is 11.1 Å². The van der Waals surface area contributed by atoms with E-state index in [1.807, 2.05) is 61.5 Å². The number of carbonyl (C=O) groups excluding carboxylic acids is 2. The SMILES string of the molecule is Cc1ccc(CNC(=O)Cc2csc(NC(=O)/C=C/c3ccccc3)n2)cc1. The van der Waals surface area contributed by atoms with E-state index in [0.29, 0.717) is 17.4 Å². The van der Waals surface area contributed by atoms with Crippen LogP contribution in [-0.4, -0.2) is 16.8 Å². The summed E-state index contributed by atoms with van der Waals surface area (Å²) in [7, 11) is 0. The summed E-state index contributed by atoms with van der Waals surface area (Å²) in [6.45, 7) is 2.51. The molecule has 0 saturated carbocycles. The molecular weight excluding hydrogens is 370 g/mol. The average Bonchev–Trinajstić information content (AvgIpc) is 3.13. The fraction of sp³-hybridized carbons (Fsp3) is 0.136. The summed E-state index contributed by atoms with van der Waals surface area (Å²) in [4.78, 5) is 28.4. The van der Waals surface area contributed by atoms with Crippen molar-refractivity contribution in [1.82, 2.24) is 10.3 Å². The Bertz CT molecular complexity index is 963. The molecule has 142 valence electrons. The van der Waals surface area contributed by atoms with Gasteiger partial charge >= 0.3 is 0 Å². The summed E-state index contributed by atoms with van der Waals surface area (Å²) >= 11 is 1.30. The highest BCUT2D eigenvalue weighted by molar-refractivity contribution is 7.14. The van der Waals surface area contributed by atoms with Crippen molar-refractivity contribution in [2.45, 2.75) is 19.9 Å². The van der Waals surface area contributed by atoms with Crippen molar-refractivity contribution in [2.75, 3.05) is 5.32 Å². The van der Waals surface area contributed by atoms with Crippen molar-refractivity contribution in [1.29, 1.82) is 0 Å². The molecule has 3 aromatic rings. The van der Waals surface area contributed by atoms with E-state index in [4.69, 9.17) is 0 Å². The van der Waals surface area contributed by atoms with Crippen LogP contribution >= 0.6 is 11.3 Å². The quantitative estimate of drug-likeness (QED) is 0.599. The number of anilines is 1. The average molecular weight is 391 g/mol. The topological polar surface area (TPSA) is 71.1 Å². The third-order valence-electron chi connectivity index (χ3n) is 3.96. The number of carbonyl (C=O) groups is 2. The number of nitrogens with one attached hydrogen (secondary N) is 2.